The van der Waals surface area contributed by atoms with E-state index in [-0.39, 0.29) is 23.3 Å². The van der Waals surface area contributed by atoms with Gasteiger partial charge in [0.25, 0.3) is 5.91 Å². The molecule has 0 fully saturated rings. The quantitative estimate of drug-likeness (QED) is 0.358. The Balaban J connectivity index is 1.63. The summed E-state index contributed by atoms with van der Waals surface area (Å²) in [6.45, 7) is 5.27. The van der Waals surface area contributed by atoms with E-state index in [1.54, 1.807) is 21.8 Å². The molecule has 1 aromatic carbocycles. The van der Waals surface area contributed by atoms with Crippen molar-refractivity contribution in [1.82, 2.24) is 39.1 Å². The van der Waals surface area contributed by atoms with Crippen molar-refractivity contribution in [2.75, 3.05) is 12.4 Å². The minimum absolute atomic E-state index is 0.167. The second-order valence-electron chi connectivity index (χ2n) is 8.27. The van der Waals surface area contributed by atoms with Gasteiger partial charge in [-0.1, -0.05) is 30.3 Å². The number of aryl methyl sites for hydroxylation is 3. The van der Waals surface area contributed by atoms with Crippen LogP contribution in [0.1, 0.15) is 47.1 Å². The first-order valence-corrected chi connectivity index (χ1v) is 11.7. The third-order valence-electron chi connectivity index (χ3n) is 6.03. The number of anilines is 1. The molecule has 0 aliphatic rings. The maximum Gasteiger partial charge on any atom is 0.263 e. The predicted molar refractivity (Wildman–Crippen MR) is 134 cm³/mol. The Labute approximate surface area is 207 Å². The van der Waals surface area contributed by atoms with Gasteiger partial charge in [0.15, 0.2) is 5.65 Å². The number of benzene rings is 1. The fraction of sp³-hybridized carbons (Fsp3) is 0.280. The van der Waals surface area contributed by atoms with Crippen LogP contribution in [-0.4, -0.2) is 52.1 Å². The molecule has 0 aliphatic heterocycles. The molecule has 0 saturated carbocycles. The van der Waals surface area contributed by atoms with Gasteiger partial charge in [-0.15, -0.1) is 5.10 Å². The average Bonchev–Trinajstić information content (AvgIpc) is 3.62. The molecule has 4 heterocycles. The van der Waals surface area contributed by atoms with Crippen LogP contribution >= 0.6 is 0 Å². The molecule has 1 amide bonds. The molecule has 1 unspecified atom stereocenters. The van der Waals surface area contributed by atoms with Gasteiger partial charge in [-0.05, 0) is 25.5 Å². The van der Waals surface area contributed by atoms with Crippen LogP contribution in [0, 0.1) is 0 Å². The number of pyridine rings is 1. The molecule has 0 bridgehead atoms. The highest BCUT2D eigenvalue weighted by atomic mass is 16.5. The Hall–Kier alpha value is -4.54. The fourth-order valence-corrected chi connectivity index (χ4v) is 4.32. The molecular formula is C25H27N9O2. The van der Waals surface area contributed by atoms with Crippen molar-refractivity contribution in [2.45, 2.75) is 32.9 Å². The lowest BCUT2D eigenvalue weighted by Gasteiger charge is -2.17. The van der Waals surface area contributed by atoms with Gasteiger partial charge in [0.2, 0.25) is 11.8 Å². The summed E-state index contributed by atoms with van der Waals surface area (Å²) >= 11 is 0. The molecule has 0 aliphatic carbocycles. The first kappa shape index (κ1) is 23.2. The summed E-state index contributed by atoms with van der Waals surface area (Å²) in [7, 11) is 3.37. The fourth-order valence-electron chi connectivity index (χ4n) is 4.32. The van der Waals surface area contributed by atoms with E-state index in [0.29, 0.717) is 18.7 Å². The summed E-state index contributed by atoms with van der Waals surface area (Å²) in [4.78, 5) is 26.8. The SMILES string of the molecule is CCn1cnc(NC(=O)c2cc3c(nc2OC)nc(C(c2ccccc2)c2cnn(C)c2)n3CC)n1. The highest BCUT2D eigenvalue weighted by Crippen LogP contribution is 2.34. The van der Waals surface area contributed by atoms with E-state index >= 15 is 0 Å². The summed E-state index contributed by atoms with van der Waals surface area (Å²) in [5.41, 5.74) is 3.60. The predicted octanol–water partition coefficient (Wildman–Crippen LogP) is 3.24. The van der Waals surface area contributed by atoms with Gasteiger partial charge in [-0.2, -0.15) is 10.1 Å². The minimum Gasteiger partial charge on any atom is -0.480 e. The van der Waals surface area contributed by atoms with Crippen molar-refractivity contribution in [3.05, 3.63) is 77.6 Å². The summed E-state index contributed by atoms with van der Waals surface area (Å²) in [6, 6.07) is 11.9. The number of imidazole rings is 1. The van der Waals surface area contributed by atoms with Crippen molar-refractivity contribution in [3.63, 3.8) is 0 Å². The lowest BCUT2D eigenvalue weighted by atomic mass is 9.92. The highest BCUT2D eigenvalue weighted by molar-refractivity contribution is 6.06. The van der Waals surface area contributed by atoms with Gasteiger partial charge in [0.05, 0.1) is 24.7 Å². The molecule has 0 saturated heterocycles. The zero-order chi connectivity index (χ0) is 25.2. The largest absolute Gasteiger partial charge is 0.480 e. The van der Waals surface area contributed by atoms with E-state index in [4.69, 9.17) is 9.72 Å². The zero-order valence-electron chi connectivity index (χ0n) is 20.6. The standard InChI is InChI=1S/C25H27N9O2/c1-5-33-15-26-25(31-33)30-23(35)18-12-19-21(29-24(18)36-4)28-22(34(19)6-2)20(16-10-8-7-9-11-16)17-13-27-32(3)14-17/h7-15,20H,5-6H2,1-4H3,(H,30,31,35). The van der Waals surface area contributed by atoms with Crippen LogP contribution in [0.5, 0.6) is 5.88 Å². The van der Waals surface area contributed by atoms with Gasteiger partial charge in [0.1, 0.15) is 17.7 Å². The van der Waals surface area contributed by atoms with E-state index in [1.165, 1.54) is 7.11 Å². The lowest BCUT2D eigenvalue weighted by molar-refractivity contribution is 0.102. The van der Waals surface area contributed by atoms with Crippen LogP contribution in [0.3, 0.4) is 0 Å². The molecule has 5 rings (SSSR count). The molecule has 36 heavy (non-hydrogen) atoms. The van der Waals surface area contributed by atoms with Gasteiger partial charge in [0, 0.05) is 31.9 Å². The van der Waals surface area contributed by atoms with Crippen LogP contribution in [0.4, 0.5) is 5.95 Å². The van der Waals surface area contributed by atoms with E-state index in [1.807, 2.05) is 51.5 Å². The van der Waals surface area contributed by atoms with Crippen molar-refractivity contribution in [3.8, 4) is 5.88 Å². The van der Waals surface area contributed by atoms with Gasteiger partial charge in [-0.3, -0.25) is 19.5 Å². The summed E-state index contributed by atoms with van der Waals surface area (Å²) in [5.74, 6) is 0.628. The second kappa shape index (κ2) is 9.61. The van der Waals surface area contributed by atoms with E-state index in [9.17, 15) is 4.79 Å². The first-order valence-electron chi connectivity index (χ1n) is 11.7. The summed E-state index contributed by atoms with van der Waals surface area (Å²) < 4.78 is 11.0. The van der Waals surface area contributed by atoms with Gasteiger partial charge < -0.3 is 9.30 Å². The molecular weight excluding hydrogens is 458 g/mol. The number of nitrogens with one attached hydrogen (secondary N) is 1. The molecule has 5 aromatic rings. The normalized spacial score (nSPS) is 12.1. The van der Waals surface area contributed by atoms with Crippen LogP contribution in [0.25, 0.3) is 11.2 Å². The Kier molecular flexibility index (Phi) is 6.19. The van der Waals surface area contributed by atoms with Gasteiger partial charge >= 0.3 is 0 Å². The van der Waals surface area contributed by atoms with Crippen LogP contribution in [0.15, 0.2) is 55.1 Å². The number of carbonyl (C=O) groups excluding carboxylic acids is 1. The molecule has 11 heteroatoms. The number of carbonyl (C=O) groups is 1. The summed E-state index contributed by atoms with van der Waals surface area (Å²) in [5, 5.41) is 11.3. The number of fused-ring (bicyclic) bond motifs is 1. The molecule has 11 nitrogen and oxygen atoms in total. The molecule has 0 radical (unpaired) electrons. The number of hydrogen-bond acceptors (Lipinski definition) is 7. The minimum atomic E-state index is -0.410. The Bertz CT molecular complexity index is 1520. The molecule has 1 N–H and O–H groups in total. The Morgan fingerprint density at radius 2 is 1.92 bits per heavy atom. The molecule has 0 spiro atoms. The molecule has 4 aromatic heterocycles. The van der Waals surface area contributed by atoms with Crippen LogP contribution < -0.4 is 10.1 Å². The lowest BCUT2D eigenvalue weighted by Crippen LogP contribution is -2.15. The topological polar surface area (TPSA) is 118 Å². The van der Waals surface area contributed by atoms with E-state index in [0.717, 1.165) is 22.5 Å². The van der Waals surface area contributed by atoms with E-state index in [2.05, 4.69) is 42.2 Å². The van der Waals surface area contributed by atoms with Crippen LogP contribution in [-0.2, 0) is 20.1 Å². The number of nitrogens with zero attached hydrogens (tertiary/aromatic N) is 8. The van der Waals surface area contributed by atoms with Crippen molar-refractivity contribution < 1.29 is 9.53 Å². The molecule has 184 valence electrons. The number of hydrogen-bond donors (Lipinski definition) is 1. The Morgan fingerprint density at radius 3 is 2.56 bits per heavy atom. The van der Waals surface area contributed by atoms with Gasteiger partial charge in [-0.25, -0.2) is 9.97 Å². The first-order chi connectivity index (χ1) is 17.5. The highest BCUT2D eigenvalue weighted by Gasteiger charge is 2.27. The van der Waals surface area contributed by atoms with E-state index < -0.39 is 5.91 Å². The van der Waals surface area contributed by atoms with Crippen molar-refractivity contribution in [2.24, 2.45) is 7.05 Å². The second-order valence-corrected chi connectivity index (χ2v) is 8.27. The monoisotopic (exact) mass is 485 g/mol. The third kappa shape index (κ3) is 4.19. The van der Waals surface area contributed by atoms with Crippen molar-refractivity contribution >= 4 is 23.0 Å². The molecule has 1 atom stereocenters. The summed E-state index contributed by atoms with van der Waals surface area (Å²) in [6.07, 6.45) is 5.41. The number of amides is 1. The number of ether oxygens (including phenoxy) is 1. The average molecular weight is 486 g/mol. The number of methoxy groups -OCH3 is 1. The third-order valence-corrected chi connectivity index (χ3v) is 6.03. The number of rotatable bonds is 8. The van der Waals surface area contributed by atoms with Crippen molar-refractivity contribution in [1.29, 1.82) is 0 Å². The van der Waals surface area contributed by atoms with Crippen LogP contribution in [0.2, 0.25) is 0 Å². The smallest absolute Gasteiger partial charge is 0.263 e. The Morgan fingerprint density at radius 1 is 1.11 bits per heavy atom. The maximum absolute atomic E-state index is 13.2. The zero-order valence-corrected chi connectivity index (χ0v) is 20.6. The maximum atomic E-state index is 13.2. The number of aromatic nitrogens is 8.